The Kier molecular flexibility index (Phi) is 10.4. The van der Waals surface area contributed by atoms with Crippen LogP contribution in [0.4, 0.5) is 0 Å². The van der Waals surface area contributed by atoms with Gasteiger partial charge in [0, 0.05) is 35.1 Å². The highest BCUT2D eigenvalue weighted by atomic mass is 35.5. The first-order valence-electron chi connectivity index (χ1n) is 11.0. The Morgan fingerprint density at radius 2 is 1.58 bits per heavy atom. The van der Waals surface area contributed by atoms with E-state index in [1.54, 1.807) is 23.1 Å². The van der Waals surface area contributed by atoms with E-state index in [2.05, 4.69) is 36.5 Å². The molecule has 0 saturated heterocycles. The first kappa shape index (κ1) is 25.2. The third-order valence-corrected chi connectivity index (χ3v) is 6.09. The molecule has 0 heterocycles. The summed E-state index contributed by atoms with van der Waals surface area (Å²) in [5, 5.41) is 3.90. The van der Waals surface area contributed by atoms with Crippen molar-refractivity contribution < 1.29 is 9.59 Å². The molecule has 168 valence electrons. The summed E-state index contributed by atoms with van der Waals surface area (Å²) in [7, 11) is 0. The molecule has 0 bridgehead atoms. The molecule has 1 atom stereocenters. The predicted octanol–water partition coefficient (Wildman–Crippen LogP) is 5.82. The second-order valence-electron chi connectivity index (χ2n) is 7.61. The highest BCUT2D eigenvalue weighted by Crippen LogP contribution is 2.27. The van der Waals surface area contributed by atoms with E-state index in [0.29, 0.717) is 41.4 Å². The molecule has 2 aromatic carbocycles. The van der Waals surface area contributed by atoms with Crippen LogP contribution in [0.15, 0.2) is 42.5 Å². The summed E-state index contributed by atoms with van der Waals surface area (Å²) in [4.78, 5) is 27.7. The number of carbonyl (C=O) groups is 2. The lowest BCUT2D eigenvalue weighted by Crippen LogP contribution is -2.49. The number of hydrogen-bond acceptors (Lipinski definition) is 2. The molecular formula is C25H32Cl2N2O2. The van der Waals surface area contributed by atoms with Crippen molar-refractivity contribution >= 4 is 35.0 Å². The van der Waals surface area contributed by atoms with Gasteiger partial charge < -0.3 is 10.2 Å². The van der Waals surface area contributed by atoms with Crippen molar-refractivity contribution in [3.63, 3.8) is 0 Å². The monoisotopic (exact) mass is 462 g/mol. The Bertz CT molecular complexity index is 848. The molecule has 0 radical (unpaired) electrons. The van der Waals surface area contributed by atoms with Crippen LogP contribution in [0.2, 0.25) is 10.0 Å². The number of hydrogen-bond donors (Lipinski definition) is 1. The number of nitrogens with zero attached hydrogens (tertiary/aromatic N) is 1. The molecule has 0 aliphatic carbocycles. The fraction of sp³-hybridized carbons (Fsp3) is 0.440. The second kappa shape index (κ2) is 12.7. The van der Waals surface area contributed by atoms with E-state index >= 15 is 0 Å². The fourth-order valence-corrected chi connectivity index (χ4v) is 3.99. The topological polar surface area (TPSA) is 49.4 Å². The minimum absolute atomic E-state index is 0.0888. The number of nitrogens with one attached hydrogen (secondary N) is 1. The molecule has 0 aliphatic heterocycles. The van der Waals surface area contributed by atoms with Crippen LogP contribution < -0.4 is 5.32 Å². The van der Waals surface area contributed by atoms with Crippen LogP contribution in [0, 0.1) is 0 Å². The van der Waals surface area contributed by atoms with E-state index in [1.807, 2.05) is 13.8 Å². The Labute approximate surface area is 195 Å². The summed E-state index contributed by atoms with van der Waals surface area (Å²) in [6.07, 6.45) is 3.25. The van der Waals surface area contributed by atoms with E-state index in [9.17, 15) is 9.59 Å². The van der Waals surface area contributed by atoms with E-state index in [0.717, 1.165) is 18.4 Å². The van der Waals surface area contributed by atoms with Gasteiger partial charge in [0.1, 0.15) is 6.04 Å². The maximum atomic E-state index is 13.3. The molecule has 2 amide bonds. The van der Waals surface area contributed by atoms with Crippen LogP contribution in [0.25, 0.3) is 0 Å². The molecule has 0 saturated carbocycles. The van der Waals surface area contributed by atoms with Gasteiger partial charge in [0.15, 0.2) is 0 Å². The Morgan fingerprint density at radius 1 is 0.968 bits per heavy atom. The largest absolute Gasteiger partial charge is 0.354 e. The minimum atomic E-state index is -0.575. The van der Waals surface area contributed by atoms with Crippen molar-refractivity contribution in [1.29, 1.82) is 0 Å². The lowest BCUT2D eigenvalue weighted by Gasteiger charge is -2.31. The Balaban J connectivity index is 2.23. The number of benzene rings is 2. The van der Waals surface area contributed by atoms with Gasteiger partial charge in [-0.2, -0.15) is 0 Å². The number of carbonyl (C=O) groups excluding carboxylic acids is 2. The summed E-state index contributed by atoms with van der Waals surface area (Å²) in [6.45, 7) is 6.80. The number of aryl methyl sites for hydroxylation is 2. The van der Waals surface area contributed by atoms with Crippen LogP contribution in [-0.4, -0.2) is 29.3 Å². The van der Waals surface area contributed by atoms with Gasteiger partial charge in [-0.25, -0.2) is 0 Å². The first-order valence-corrected chi connectivity index (χ1v) is 11.7. The second-order valence-corrected chi connectivity index (χ2v) is 8.42. The molecule has 0 unspecified atom stereocenters. The van der Waals surface area contributed by atoms with Crippen molar-refractivity contribution in [2.45, 2.75) is 65.5 Å². The van der Waals surface area contributed by atoms with Gasteiger partial charge in [-0.3, -0.25) is 9.59 Å². The third-order valence-electron chi connectivity index (χ3n) is 5.38. The normalized spacial score (nSPS) is 11.8. The van der Waals surface area contributed by atoms with Crippen LogP contribution in [0.5, 0.6) is 0 Å². The average Bonchev–Trinajstić information content (AvgIpc) is 2.78. The molecule has 2 rings (SSSR count). The molecule has 2 aromatic rings. The van der Waals surface area contributed by atoms with Crippen molar-refractivity contribution in [2.75, 3.05) is 6.54 Å². The van der Waals surface area contributed by atoms with Gasteiger partial charge in [-0.1, -0.05) is 74.3 Å². The van der Waals surface area contributed by atoms with E-state index in [-0.39, 0.29) is 18.4 Å². The smallest absolute Gasteiger partial charge is 0.242 e. The van der Waals surface area contributed by atoms with Crippen molar-refractivity contribution in [3.05, 3.63) is 69.2 Å². The molecule has 0 aliphatic rings. The third kappa shape index (κ3) is 7.26. The highest BCUT2D eigenvalue weighted by molar-refractivity contribution is 6.36. The summed E-state index contributed by atoms with van der Waals surface area (Å²) >= 11 is 12.7. The Hall–Kier alpha value is -2.04. The molecule has 0 aromatic heterocycles. The molecule has 0 fully saturated rings. The molecule has 0 spiro atoms. The zero-order chi connectivity index (χ0) is 22.8. The van der Waals surface area contributed by atoms with Crippen molar-refractivity contribution in [2.24, 2.45) is 0 Å². The van der Waals surface area contributed by atoms with Crippen molar-refractivity contribution in [1.82, 2.24) is 10.2 Å². The summed E-state index contributed by atoms with van der Waals surface area (Å²) in [5.41, 5.74) is 3.03. The molecule has 1 N–H and O–H groups in total. The van der Waals surface area contributed by atoms with Crippen LogP contribution >= 0.6 is 23.2 Å². The summed E-state index contributed by atoms with van der Waals surface area (Å²) in [5.74, 6) is -0.234. The van der Waals surface area contributed by atoms with Gasteiger partial charge in [-0.15, -0.1) is 0 Å². The minimum Gasteiger partial charge on any atom is -0.354 e. The van der Waals surface area contributed by atoms with Crippen LogP contribution in [0.1, 0.15) is 56.7 Å². The van der Waals surface area contributed by atoms with Crippen molar-refractivity contribution in [3.8, 4) is 0 Å². The van der Waals surface area contributed by atoms with Gasteiger partial charge in [0.2, 0.25) is 11.8 Å². The van der Waals surface area contributed by atoms with Crippen LogP contribution in [-0.2, 0) is 29.0 Å². The summed E-state index contributed by atoms with van der Waals surface area (Å²) < 4.78 is 0. The fourth-order valence-electron chi connectivity index (χ4n) is 3.48. The number of rotatable bonds is 11. The van der Waals surface area contributed by atoms with E-state index in [4.69, 9.17) is 23.2 Å². The van der Waals surface area contributed by atoms with Gasteiger partial charge in [0.25, 0.3) is 0 Å². The SMILES string of the molecule is CCCNC(=O)[C@H](CC)N(Cc1c(Cl)cccc1Cl)C(=O)CCc1ccc(CC)cc1. The van der Waals surface area contributed by atoms with E-state index in [1.165, 1.54) is 5.56 Å². The van der Waals surface area contributed by atoms with Gasteiger partial charge in [-0.05, 0) is 48.9 Å². The zero-order valence-electron chi connectivity index (χ0n) is 18.6. The average molecular weight is 463 g/mol. The molecule has 4 nitrogen and oxygen atoms in total. The number of amides is 2. The van der Waals surface area contributed by atoms with Gasteiger partial charge in [0.05, 0.1) is 0 Å². The van der Waals surface area contributed by atoms with Crippen LogP contribution in [0.3, 0.4) is 0 Å². The lowest BCUT2D eigenvalue weighted by molar-refractivity contribution is -0.141. The standard InChI is InChI=1S/C25H32Cl2N2O2/c1-4-16-28-25(31)23(6-3)29(17-20-21(26)8-7-9-22(20)27)24(30)15-14-19-12-10-18(5-2)11-13-19/h7-13,23H,4-6,14-17H2,1-3H3,(H,28,31)/t23-/m0/s1. The maximum absolute atomic E-state index is 13.3. The first-order chi connectivity index (χ1) is 14.9. The predicted molar refractivity (Wildman–Crippen MR) is 129 cm³/mol. The number of halogens is 2. The maximum Gasteiger partial charge on any atom is 0.242 e. The summed E-state index contributed by atoms with van der Waals surface area (Å²) in [6, 6.07) is 13.0. The molecule has 6 heteroatoms. The molecular weight excluding hydrogens is 431 g/mol. The van der Waals surface area contributed by atoms with E-state index < -0.39 is 6.04 Å². The lowest BCUT2D eigenvalue weighted by atomic mass is 10.0. The molecule has 31 heavy (non-hydrogen) atoms. The Morgan fingerprint density at radius 3 is 2.13 bits per heavy atom. The quantitative estimate of drug-likeness (QED) is 0.456. The van der Waals surface area contributed by atoms with Gasteiger partial charge >= 0.3 is 0 Å². The highest BCUT2D eigenvalue weighted by Gasteiger charge is 2.29. The zero-order valence-corrected chi connectivity index (χ0v) is 20.1.